The SMILES string of the molecule is CN1C(=O)[C@H](NC(=O)c2nnc(C3(c4ccccc4)CC3)o2)COc2cccnc21. The summed E-state index contributed by atoms with van der Waals surface area (Å²) >= 11 is 0. The summed E-state index contributed by atoms with van der Waals surface area (Å²) in [6.07, 6.45) is 3.34. The number of pyridine rings is 1. The molecule has 1 aromatic carbocycles. The summed E-state index contributed by atoms with van der Waals surface area (Å²) < 4.78 is 11.4. The predicted octanol–water partition coefficient (Wildman–Crippen LogP) is 1.70. The molecule has 9 nitrogen and oxygen atoms in total. The molecule has 1 saturated carbocycles. The third-order valence-electron chi connectivity index (χ3n) is 5.51. The molecule has 2 aromatic heterocycles. The monoisotopic (exact) mass is 405 g/mol. The molecule has 1 atom stereocenters. The minimum absolute atomic E-state index is 0.0252. The largest absolute Gasteiger partial charge is 0.487 e. The van der Waals surface area contributed by atoms with Crippen LogP contribution < -0.4 is 15.0 Å². The highest BCUT2D eigenvalue weighted by atomic mass is 16.5. The van der Waals surface area contributed by atoms with E-state index in [-0.39, 0.29) is 23.8 Å². The molecule has 1 aliphatic carbocycles. The Kier molecular flexibility index (Phi) is 4.23. The van der Waals surface area contributed by atoms with Crippen LogP contribution in [0.4, 0.5) is 5.82 Å². The molecule has 0 unspecified atom stereocenters. The lowest BCUT2D eigenvalue weighted by molar-refractivity contribution is -0.120. The zero-order valence-electron chi connectivity index (χ0n) is 16.2. The van der Waals surface area contributed by atoms with Crippen molar-refractivity contribution in [1.29, 1.82) is 0 Å². The fourth-order valence-electron chi connectivity index (χ4n) is 3.67. The van der Waals surface area contributed by atoms with Crippen LogP contribution >= 0.6 is 0 Å². The molecule has 30 heavy (non-hydrogen) atoms. The molecule has 3 heterocycles. The van der Waals surface area contributed by atoms with Gasteiger partial charge in [-0.05, 0) is 30.5 Å². The Morgan fingerprint density at radius 2 is 1.97 bits per heavy atom. The van der Waals surface area contributed by atoms with E-state index in [4.69, 9.17) is 9.15 Å². The Labute approximate surface area is 172 Å². The standard InChI is InChI=1S/C21H19N5O4/c1-26-16-15(8-5-11-22-16)29-12-14(19(26)28)23-17(27)18-24-25-20(30-18)21(9-10-21)13-6-3-2-4-7-13/h2-8,11,14H,9-10,12H2,1H3,(H,23,27)/t14-/m1/s1. The summed E-state index contributed by atoms with van der Waals surface area (Å²) in [6, 6.07) is 12.4. The second-order valence-corrected chi connectivity index (χ2v) is 7.42. The van der Waals surface area contributed by atoms with Crippen LogP contribution in [0.5, 0.6) is 5.75 Å². The highest BCUT2D eigenvalue weighted by Crippen LogP contribution is 2.52. The first-order chi connectivity index (χ1) is 14.6. The van der Waals surface area contributed by atoms with Crippen molar-refractivity contribution in [1.82, 2.24) is 20.5 Å². The van der Waals surface area contributed by atoms with Crippen LogP contribution in [0.25, 0.3) is 0 Å². The quantitative estimate of drug-likeness (QED) is 0.703. The second-order valence-electron chi connectivity index (χ2n) is 7.42. The molecule has 0 bridgehead atoms. The fraction of sp³-hybridized carbons (Fsp3) is 0.286. The maximum Gasteiger partial charge on any atom is 0.309 e. The van der Waals surface area contributed by atoms with Crippen molar-refractivity contribution in [3.63, 3.8) is 0 Å². The molecule has 152 valence electrons. The third-order valence-corrected chi connectivity index (χ3v) is 5.51. The summed E-state index contributed by atoms with van der Waals surface area (Å²) in [5.74, 6) is 0.149. The Bertz CT molecular complexity index is 1110. The average Bonchev–Trinajstić information content (AvgIpc) is 3.47. The van der Waals surface area contributed by atoms with Gasteiger partial charge in [0.25, 0.3) is 5.91 Å². The van der Waals surface area contributed by atoms with E-state index in [1.165, 1.54) is 4.90 Å². The predicted molar refractivity (Wildman–Crippen MR) is 105 cm³/mol. The zero-order valence-corrected chi connectivity index (χ0v) is 16.2. The van der Waals surface area contributed by atoms with Gasteiger partial charge in [0.05, 0.1) is 5.41 Å². The molecule has 0 spiro atoms. The molecule has 1 N–H and O–H groups in total. The Balaban J connectivity index is 1.33. The number of hydrogen-bond donors (Lipinski definition) is 1. The van der Waals surface area contributed by atoms with E-state index in [9.17, 15) is 9.59 Å². The Hall–Kier alpha value is -3.75. The van der Waals surface area contributed by atoms with Gasteiger partial charge in [-0.25, -0.2) is 4.98 Å². The number of nitrogens with one attached hydrogen (secondary N) is 1. The number of fused-ring (bicyclic) bond motifs is 1. The number of anilines is 1. The first-order valence-corrected chi connectivity index (χ1v) is 9.64. The lowest BCUT2D eigenvalue weighted by Crippen LogP contribution is -2.49. The number of ether oxygens (including phenoxy) is 1. The molecule has 1 fully saturated rings. The number of amides is 2. The summed E-state index contributed by atoms with van der Waals surface area (Å²) in [5.41, 5.74) is 0.751. The first kappa shape index (κ1) is 18.3. The van der Waals surface area contributed by atoms with Gasteiger partial charge in [-0.1, -0.05) is 30.3 Å². The van der Waals surface area contributed by atoms with Crippen LogP contribution in [0.1, 0.15) is 35.0 Å². The van der Waals surface area contributed by atoms with Crippen LogP contribution in [0.15, 0.2) is 53.1 Å². The Morgan fingerprint density at radius 1 is 1.17 bits per heavy atom. The van der Waals surface area contributed by atoms with Crippen molar-refractivity contribution >= 4 is 17.6 Å². The maximum absolute atomic E-state index is 12.8. The van der Waals surface area contributed by atoms with Gasteiger partial charge in [0.15, 0.2) is 11.6 Å². The van der Waals surface area contributed by atoms with Crippen LogP contribution in [0.3, 0.4) is 0 Å². The van der Waals surface area contributed by atoms with Gasteiger partial charge in [0.1, 0.15) is 12.6 Å². The number of rotatable bonds is 4. The second kappa shape index (κ2) is 6.94. The Morgan fingerprint density at radius 3 is 2.73 bits per heavy atom. The molecule has 9 heteroatoms. The highest BCUT2D eigenvalue weighted by Gasteiger charge is 2.51. The van der Waals surface area contributed by atoms with Gasteiger partial charge in [-0.3, -0.25) is 14.5 Å². The molecule has 5 rings (SSSR count). The van der Waals surface area contributed by atoms with Crippen molar-refractivity contribution < 1.29 is 18.7 Å². The van der Waals surface area contributed by atoms with Gasteiger partial charge in [-0.2, -0.15) is 0 Å². The molecular formula is C21H19N5O4. The summed E-state index contributed by atoms with van der Waals surface area (Å²) in [7, 11) is 1.59. The normalized spacial score (nSPS) is 19.4. The number of carbonyl (C=O) groups excluding carboxylic acids is 2. The van der Waals surface area contributed by atoms with Crippen molar-refractivity contribution in [3.8, 4) is 5.75 Å². The van der Waals surface area contributed by atoms with E-state index in [2.05, 4.69) is 20.5 Å². The number of carbonyl (C=O) groups is 2. The van der Waals surface area contributed by atoms with E-state index in [0.717, 1.165) is 18.4 Å². The average molecular weight is 405 g/mol. The van der Waals surface area contributed by atoms with E-state index >= 15 is 0 Å². The number of benzene rings is 1. The minimum atomic E-state index is -0.906. The topological polar surface area (TPSA) is 110 Å². The number of hydrogen-bond acceptors (Lipinski definition) is 7. The van der Waals surface area contributed by atoms with Crippen LogP contribution in [0, 0.1) is 0 Å². The molecule has 0 radical (unpaired) electrons. The van der Waals surface area contributed by atoms with Gasteiger partial charge in [-0.15, -0.1) is 10.2 Å². The highest BCUT2D eigenvalue weighted by molar-refractivity contribution is 6.01. The molecule has 1 aliphatic heterocycles. The van der Waals surface area contributed by atoms with Crippen LogP contribution in [-0.4, -0.2) is 46.7 Å². The number of aromatic nitrogens is 3. The third kappa shape index (κ3) is 2.99. The first-order valence-electron chi connectivity index (χ1n) is 9.64. The molecular weight excluding hydrogens is 386 g/mol. The lowest BCUT2D eigenvalue weighted by Gasteiger charge is -2.18. The van der Waals surface area contributed by atoms with Crippen molar-refractivity contribution in [2.75, 3.05) is 18.6 Å². The summed E-state index contributed by atoms with van der Waals surface area (Å²) in [4.78, 5) is 31.0. The molecule has 0 saturated heterocycles. The van der Waals surface area contributed by atoms with Crippen molar-refractivity contribution in [2.45, 2.75) is 24.3 Å². The zero-order chi connectivity index (χ0) is 20.7. The van der Waals surface area contributed by atoms with E-state index in [0.29, 0.717) is 17.5 Å². The lowest BCUT2D eigenvalue weighted by atomic mass is 9.96. The molecule has 2 amide bonds. The van der Waals surface area contributed by atoms with Crippen molar-refractivity contribution in [2.24, 2.45) is 0 Å². The number of likely N-dealkylation sites (N-methyl/N-ethyl adjacent to an activating group) is 1. The number of nitrogens with zero attached hydrogens (tertiary/aromatic N) is 4. The summed E-state index contributed by atoms with van der Waals surface area (Å²) in [5, 5.41) is 10.7. The van der Waals surface area contributed by atoms with E-state index in [1.54, 1.807) is 25.4 Å². The van der Waals surface area contributed by atoms with Gasteiger partial charge in [0.2, 0.25) is 5.89 Å². The van der Waals surface area contributed by atoms with E-state index < -0.39 is 11.9 Å². The minimum Gasteiger partial charge on any atom is -0.487 e. The molecule has 3 aromatic rings. The van der Waals surface area contributed by atoms with Gasteiger partial charge >= 0.3 is 11.8 Å². The van der Waals surface area contributed by atoms with Gasteiger partial charge < -0.3 is 14.5 Å². The van der Waals surface area contributed by atoms with E-state index in [1.807, 2.05) is 30.3 Å². The van der Waals surface area contributed by atoms with Crippen LogP contribution in [-0.2, 0) is 10.2 Å². The van der Waals surface area contributed by atoms with Gasteiger partial charge in [0, 0.05) is 13.2 Å². The maximum atomic E-state index is 12.8. The fourth-order valence-corrected chi connectivity index (χ4v) is 3.67. The van der Waals surface area contributed by atoms with Crippen molar-refractivity contribution in [3.05, 3.63) is 66.0 Å². The van der Waals surface area contributed by atoms with Crippen LogP contribution in [0.2, 0.25) is 0 Å². The smallest absolute Gasteiger partial charge is 0.309 e. The molecule has 2 aliphatic rings. The summed E-state index contributed by atoms with van der Waals surface area (Å²) in [6.45, 7) is -0.0252.